The normalized spacial score (nSPS) is 13.6. The molecule has 254 valence electrons. The van der Waals surface area contributed by atoms with E-state index in [9.17, 15) is 28.3 Å². The Morgan fingerprint density at radius 2 is 1.38 bits per heavy atom. The van der Waals surface area contributed by atoms with E-state index in [0.29, 0.717) is 53.4 Å². The van der Waals surface area contributed by atoms with Crippen LogP contribution in [0, 0.1) is 17.6 Å². The summed E-state index contributed by atoms with van der Waals surface area (Å²) < 4.78 is 38.4. The van der Waals surface area contributed by atoms with E-state index >= 15 is 0 Å². The van der Waals surface area contributed by atoms with Gasteiger partial charge in [-0.05, 0) is 105 Å². The molecular weight excluding hydrogens is 616 g/mol. The number of ketones is 1. The van der Waals surface area contributed by atoms with E-state index in [1.165, 1.54) is 31.2 Å². The molecule has 10 nitrogen and oxygen atoms in total. The monoisotopic (exact) mass is 657 g/mol. The van der Waals surface area contributed by atoms with Crippen molar-refractivity contribution in [3.8, 4) is 11.5 Å². The molecule has 0 bridgehead atoms. The molecule has 0 unspecified atom stereocenters. The van der Waals surface area contributed by atoms with Crippen LogP contribution in [0.25, 0.3) is 0 Å². The Balaban J connectivity index is 0.000000758. The molecule has 12 heteroatoms. The Morgan fingerprint density at radius 3 is 1.83 bits per heavy atom. The Kier molecular flexibility index (Phi) is 15.2. The van der Waals surface area contributed by atoms with Crippen LogP contribution in [0.2, 0.25) is 0 Å². The van der Waals surface area contributed by atoms with Crippen LogP contribution in [0.5, 0.6) is 11.5 Å². The van der Waals surface area contributed by atoms with Crippen molar-refractivity contribution in [2.45, 2.75) is 38.2 Å². The third kappa shape index (κ3) is 11.9. The van der Waals surface area contributed by atoms with Crippen LogP contribution < -0.4 is 9.47 Å². The largest absolute Gasteiger partial charge is 0.493 e. The van der Waals surface area contributed by atoms with E-state index in [4.69, 9.17) is 19.7 Å². The molecule has 47 heavy (non-hydrogen) atoms. The van der Waals surface area contributed by atoms with Gasteiger partial charge in [0.15, 0.2) is 17.3 Å². The van der Waals surface area contributed by atoms with Gasteiger partial charge in [0.1, 0.15) is 17.2 Å². The predicted octanol–water partition coefficient (Wildman–Crippen LogP) is 4.87. The number of methoxy groups -OCH3 is 1. The first-order valence-electron chi connectivity index (χ1n) is 14.8. The molecule has 1 saturated heterocycles. The van der Waals surface area contributed by atoms with Gasteiger partial charge in [-0.2, -0.15) is 0 Å². The predicted molar refractivity (Wildman–Crippen MR) is 171 cm³/mol. The van der Waals surface area contributed by atoms with Gasteiger partial charge in [0.2, 0.25) is 0 Å². The molecule has 0 atom stereocenters. The second-order valence-corrected chi connectivity index (χ2v) is 11.0. The maximum atomic E-state index is 13.6. The number of aliphatic carboxylic acids is 2. The van der Waals surface area contributed by atoms with Gasteiger partial charge in [0.25, 0.3) is 0 Å². The Bertz CT molecular complexity index is 1420. The Hall–Kier alpha value is -4.65. The van der Waals surface area contributed by atoms with Crippen LogP contribution in [0.15, 0.2) is 78.9 Å². The maximum Gasteiger partial charge on any atom is 0.328 e. The summed E-state index contributed by atoms with van der Waals surface area (Å²) in [5, 5.41) is 27.4. The number of hydrogen-bond acceptors (Lipinski definition) is 7. The molecule has 3 aromatic rings. The first kappa shape index (κ1) is 38.5. The Labute approximate surface area is 272 Å². The van der Waals surface area contributed by atoms with Gasteiger partial charge < -0.3 is 35.2 Å². The summed E-state index contributed by atoms with van der Waals surface area (Å²) in [5.41, 5.74) is 0.482. The number of carboxylic acids is 2. The number of ether oxygens (including phenoxy) is 2. The van der Waals surface area contributed by atoms with Gasteiger partial charge in [-0.25, -0.2) is 18.4 Å². The molecule has 5 N–H and O–H groups in total. The van der Waals surface area contributed by atoms with Gasteiger partial charge in [-0.15, -0.1) is 0 Å². The number of piperidine rings is 1. The molecule has 0 amide bonds. The third-order valence-electron chi connectivity index (χ3n) is 7.75. The lowest BCUT2D eigenvalue weighted by atomic mass is 9.76. The third-order valence-corrected chi connectivity index (χ3v) is 7.75. The molecule has 1 fully saturated rings. The van der Waals surface area contributed by atoms with E-state index in [1.807, 2.05) is 0 Å². The fraction of sp³-hybridized carbons (Fsp3) is 0.343. The number of nitrogens with zero attached hydrogens (tertiary/aromatic N) is 1. The quantitative estimate of drug-likeness (QED) is 0.132. The number of carbonyl (C=O) groups is 3. The SMILES string of the molecule is COc1cc(C(C)=O)ccc1OCCCN1CCC(CC(O)(c2ccc(F)cc2)c2ccc(F)cc2)CC1.O.O=C(O)C=CC(=O)O. The summed E-state index contributed by atoms with van der Waals surface area (Å²) >= 11 is 0. The highest BCUT2D eigenvalue weighted by molar-refractivity contribution is 5.94. The van der Waals surface area contributed by atoms with Gasteiger partial charge in [-0.3, -0.25) is 4.79 Å². The summed E-state index contributed by atoms with van der Waals surface area (Å²) in [5.74, 6) is -1.82. The van der Waals surface area contributed by atoms with E-state index in [-0.39, 0.29) is 28.8 Å². The van der Waals surface area contributed by atoms with Crippen molar-refractivity contribution in [1.29, 1.82) is 0 Å². The molecule has 3 aromatic carbocycles. The highest BCUT2D eigenvalue weighted by Gasteiger charge is 2.35. The Morgan fingerprint density at radius 1 is 0.872 bits per heavy atom. The average Bonchev–Trinajstić information content (AvgIpc) is 3.03. The number of aliphatic hydroxyl groups is 1. The zero-order chi connectivity index (χ0) is 33.7. The van der Waals surface area contributed by atoms with Gasteiger partial charge in [0, 0.05) is 24.3 Å². The molecule has 1 aliphatic heterocycles. The highest BCUT2D eigenvalue weighted by atomic mass is 19.1. The van der Waals surface area contributed by atoms with Crippen LogP contribution in [-0.4, -0.2) is 76.8 Å². The summed E-state index contributed by atoms with van der Waals surface area (Å²) in [6.45, 7) is 4.75. The average molecular weight is 658 g/mol. The van der Waals surface area contributed by atoms with Gasteiger partial charge in [-0.1, -0.05) is 24.3 Å². The maximum absolute atomic E-state index is 13.6. The minimum Gasteiger partial charge on any atom is -0.493 e. The fourth-order valence-corrected chi connectivity index (χ4v) is 5.30. The minimum atomic E-state index is -1.32. The van der Waals surface area contributed by atoms with E-state index in [0.717, 1.165) is 38.9 Å². The summed E-state index contributed by atoms with van der Waals surface area (Å²) in [6, 6.07) is 17.0. The van der Waals surface area contributed by atoms with Crippen molar-refractivity contribution in [1.82, 2.24) is 4.90 Å². The number of benzene rings is 3. The lowest BCUT2D eigenvalue weighted by Gasteiger charge is -2.37. The van der Waals surface area contributed by atoms with Crippen molar-refractivity contribution in [2.75, 3.05) is 33.4 Å². The highest BCUT2D eigenvalue weighted by Crippen LogP contribution is 2.39. The van der Waals surface area contributed by atoms with Crippen LogP contribution in [0.4, 0.5) is 8.78 Å². The number of halogens is 2. The molecule has 0 aromatic heterocycles. The molecule has 1 aliphatic rings. The van der Waals surface area contributed by atoms with Crippen LogP contribution in [0.3, 0.4) is 0 Å². The number of rotatable bonds is 13. The molecule has 4 rings (SSSR count). The summed E-state index contributed by atoms with van der Waals surface area (Å²) in [7, 11) is 1.56. The number of hydrogen-bond donors (Lipinski definition) is 3. The smallest absolute Gasteiger partial charge is 0.328 e. The van der Waals surface area contributed by atoms with E-state index in [1.54, 1.807) is 49.6 Å². The van der Waals surface area contributed by atoms with Gasteiger partial charge in [0.05, 0.1) is 13.7 Å². The first-order valence-corrected chi connectivity index (χ1v) is 14.8. The summed E-state index contributed by atoms with van der Waals surface area (Å²) in [6.07, 6.45) is 4.29. The van der Waals surface area contributed by atoms with Crippen molar-refractivity contribution in [3.63, 3.8) is 0 Å². The topological polar surface area (TPSA) is 165 Å². The summed E-state index contributed by atoms with van der Waals surface area (Å²) in [4.78, 5) is 33.1. The second-order valence-electron chi connectivity index (χ2n) is 11.0. The molecule has 0 spiro atoms. The van der Waals surface area contributed by atoms with Crippen molar-refractivity contribution in [2.24, 2.45) is 5.92 Å². The number of carboxylic acid groups (broad SMARTS) is 2. The molecular formula is C35H41F2NO9. The van der Waals surface area contributed by atoms with Crippen molar-refractivity contribution < 1.29 is 53.4 Å². The van der Waals surface area contributed by atoms with Crippen LogP contribution >= 0.6 is 0 Å². The van der Waals surface area contributed by atoms with Gasteiger partial charge >= 0.3 is 11.9 Å². The lowest BCUT2D eigenvalue weighted by Crippen LogP contribution is -2.38. The van der Waals surface area contributed by atoms with Crippen molar-refractivity contribution in [3.05, 3.63) is 107 Å². The number of carbonyl (C=O) groups excluding carboxylic acids is 1. The van der Waals surface area contributed by atoms with E-state index in [2.05, 4.69) is 4.90 Å². The van der Waals surface area contributed by atoms with Crippen LogP contribution in [-0.2, 0) is 15.2 Å². The molecule has 0 aliphatic carbocycles. The van der Waals surface area contributed by atoms with Crippen molar-refractivity contribution >= 4 is 17.7 Å². The first-order chi connectivity index (χ1) is 21.9. The number of likely N-dealkylation sites (tertiary alicyclic amines) is 1. The number of Topliss-reactive ketones (excluding diaryl/α,β-unsaturated/α-hetero) is 1. The lowest BCUT2D eigenvalue weighted by molar-refractivity contribution is -0.134. The van der Waals surface area contributed by atoms with E-state index < -0.39 is 17.5 Å². The standard InChI is InChI=1S/C31H35F2NO4.C4H4O4.H2O/c1-22(35)24-4-13-29(30(20-24)37-2)38-19-3-16-34-17-14-23(15-18-34)21-31(36,25-5-9-27(32)10-6-25)26-7-11-28(33)12-8-26;5-3(6)1-2-4(7)8;/h4-13,20,23,36H,3,14-19,21H2,1-2H3;1-2H,(H,5,6)(H,7,8);1H2. The minimum absolute atomic E-state index is 0. The van der Waals surface area contributed by atoms with Crippen LogP contribution in [0.1, 0.15) is 54.1 Å². The fourth-order valence-electron chi connectivity index (χ4n) is 5.30. The molecule has 0 saturated carbocycles. The molecule has 1 heterocycles. The second kappa shape index (κ2) is 18.5. The molecule has 0 radical (unpaired) electrons. The zero-order valence-corrected chi connectivity index (χ0v) is 26.3. The zero-order valence-electron chi connectivity index (χ0n) is 26.3.